The highest BCUT2D eigenvalue weighted by atomic mass is 16.6. The number of nitro benzene ring substituents is 1. The molecule has 2 aromatic carbocycles. The van der Waals surface area contributed by atoms with E-state index in [1.807, 2.05) is 0 Å². The highest BCUT2D eigenvalue weighted by Crippen LogP contribution is 2.34. The van der Waals surface area contributed by atoms with E-state index in [0.29, 0.717) is 5.56 Å². The first kappa shape index (κ1) is 29.1. The minimum Gasteiger partial charge on any atom is -0.493 e. The maximum Gasteiger partial charge on any atom is 0.345 e. The number of rotatable bonds is 11. The summed E-state index contributed by atoms with van der Waals surface area (Å²) in [5.41, 5.74) is 2.11. The molecule has 0 saturated carbocycles. The molecule has 2 N–H and O–H groups in total. The van der Waals surface area contributed by atoms with Gasteiger partial charge in [0.25, 0.3) is 11.6 Å². The van der Waals surface area contributed by atoms with Crippen LogP contribution in [0, 0.1) is 17.0 Å². The SMILES string of the molecule is COC(=O)c1c(-c2ccc(OCC(=O)N/N=C\c3cc(OC)c(OC)cc3[N+](=O)[O-])c(OC)c2)nc(=O)[nH]c1C. The van der Waals surface area contributed by atoms with Gasteiger partial charge in [-0.2, -0.15) is 10.1 Å². The number of hydrazone groups is 1. The van der Waals surface area contributed by atoms with Crippen molar-refractivity contribution in [1.29, 1.82) is 0 Å². The first-order valence-corrected chi connectivity index (χ1v) is 11.4. The number of nitrogens with zero attached hydrogens (tertiary/aromatic N) is 3. The van der Waals surface area contributed by atoms with Gasteiger partial charge in [-0.15, -0.1) is 0 Å². The predicted molar refractivity (Wildman–Crippen MR) is 140 cm³/mol. The zero-order valence-electron chi connectivity index (χ0n) is 22.1. The summed E-state index contributed by atoms with van der Waals surface area (Å²) < 4.78 is 25.9. The number of aromatic nitrogens is 2. The zero-order valence-corrected chi connectivity index (χ0v) is 22.1. The van der Waals surface area contributed by atoms with Gasteiger partial charge in [0.1, 0.15) is 5.56 Å². The van der Waals surface area contributed by atoms with Gasteiger partial charge in [-0.05, 0) is 31.2 Å². The summed E-state index contributed by atoms with van der Waals surface area (Å²) in [4.78, 5) is 53.7. The summed E-state index contributed by atoms with van der Waals surface area (Å²) in [7, 11) is 5.29. The van der Waals surface area contributed by atoms with Gasteiger partial charge >= 0.3 is 11.7 Å². The molecule has 15 heteroatoms. The number of hydrogen-bond acceptors (Lipinski definition) is 12. The van der Waals surface area contributed by atoms with Crippen LogP contribution in [0.3, 0.4) is 0 Å². The lowest BCUT2D eigenvalue weighted by molar-refractivity contribution is -0.385. The summed E-state index contributed by atoms with van der Waals surface area (Å²) in [5, 5.41) is 15.2. The third-order valence-corrected chi connectivity index (χ3v) is 5.43. The van der Waals surface area contributed by atoms with Crippen molar-refractivity contribution in [2.75, 3.05) is 35.0 Å². The van der Waals surface area contributed by atoms with Crippen molar-refractivity contribution in [1.82, 2.24) is 15.4 Å². The Morgan fingerprint density at radius 2 is 1.70 bits per heavy atom. The smallest absolute Gasteiger partial charge is 0.345 e. The second kappa shape index (κ2) is 12.9. The number of ether oxygens (including phenoxy) is 5. The monoisotopic (exact) mass is 555 g/mol. The van der Waals surface area contributed by atoms with Crippen LogP contribution in [-0.4, -0.2) is 68.0 Å². The van der Waals surface area contributed by atoms with E-state index in [4.69, 9.17) is 23.7 Å². The largest absolute Gasteiger partial charge is 0.493 e. The van der Waals surface area contributed by atoms with Gasteiger partial charge in [-0.25, -0.2) is 15.0 Å². The Labute approximate surface area is 226 Å². The lowest BCUT2D eigenvalue weighted by Gasteiger charge is -2.13. The Balaban J connectivity index is 1.76. The molecule has 1 aromatic heterocycles. The number of aryl methyl sites for hydroxylation is 1. The number of nitrogens with one attached hydrogen (secondary N) is 2. The van der Waals surface area contributed by atoms with Crippen LogP contribution in [-0.2, 0) is 9.53 Å². The Morgan fingerprint density at radius 1 is 1.05 bits per heavy atom. The Hall–Kier alpha value is -5.47. The molecule has 0 atom stereocenters. The number of carbonyl (C=O) groups is 2. The Morgan fingerprint density at radius 3 is 2.33 bits per heavy atom. The van der Waals surface area contributed by atoms with Gasteiger partial charge in [0.05, 0.1) is 56.9 Å². The normalized spacial score (nSPS) is 10.6. The molecule has 0 aliphatic heterocycles. The van der Waals surface area contributed by atoms with Gasteiger partial charge in [0.15, 0.2) is 29.6 Å². The van der Waals surface area contributed by atoms with Crippen molar-refractivity contribution in [3.8, 4) is 34.3 Å². The van der Waals surface area contributed by atoms with Crippen molar-refractivity contribution in [3.63, 3.8) is 0 Å². The van der Waals surface area contributed by atoms with E-state index in [1.165, 1.54) is 65.7 Å². The van der Waals surface area contributed by atoms with Crippen LogP contribution in [0.1, 0.15) is 21.6 Å². The van der Waals surface area contributed by atoms with Crippen molar-refractivity contribution in [2.45, 2.75) is 6.92 Å². The summed E-state index contributed by atoms with van der Waals surface area (Å²) in [6.07, 6.45) is 1.09. The average molecular weight is 556 g/mol. The van der Waals surface area contributed by atoms with E-state index in [1.54, 1.807) is 0 Å². The quantitative estimate of drug-likeness (QED) is 0.152. The highest BCUT2D eigenvalue weighted by Gasteiger charge is 2.21. The number of esters is 1. The number of carbonyl (C=O) groups excluding carboxylic acids is 2. The molecular weight excluding hydrogens is 530 g/mol. The number of amides is 1. The lowest BCUT2D eigenvalue weighted by atomic mass is 10.0. The van der Waals surface area contributed by atoms with E-state index >= 15 is 0 Å². The first-order chi connectivity index (χ1) is 19.1. The van der Waals surface area contributed by atoms with Crippen LogP contribution in [0.5, 0.6) is 23.0 Å². The van der Waals surface area contributed by atoms with Crippen molar-refractivity contribution in [2.24, 2.45) is 5.10 Å². The summed E-state index contributed by atoms with van der Waals surface area (Å²) in [6, 6.07) is 7.00. The molecule has 210 valence electrons. The van der Waals surface area contributed by atoms with E-state index in [9.17, 15) is 24.5 Å². The predicted octanol–water partition coefficient (Wildman–Crippen LogP) is 2.00. The van der Waals surface area contributed by atoms with Gasteiger partial charge in [0, 0.05) is 11.3 Å². The Kier molecular flexibility index (Phi) is 9.35. The highest BCUT2D eigenvalue weighted by molar-refractivity contribution is 5.97. The molecule has 1 heterocycles. The molecular formula is C25H25N5O10. The fourth-order valence-corrected chi connectivity index (χ4v) is 3.58. The molecule has 0 radical (unpaired) electrons. The van der Waals surface area contributed by atoms with Crippen molar-refractivity contribution in [3.05, 3.63) is 67.8 Å². The van der Waals surface area contributed by atoms with E-state index in [0.717, 1.165) is 6.21 Å². The Bertz CT molecular complexity index is 1530. The van der Waals surface area contributed by atoms with Crippen molar-refractivity contribution < 1.29 is 38.2 Å². The lowest BCUT2D eigenvalue weighted by Crippen LogP contribution is -2.24. The minimum absolute atomic E-state index is 0.0658. The average Bonchev–Trinajstić information content (AvgIpc) is 2.94. The molecule has 3 aromatic rings. The molecule has 40 heavy (non-hydrogen) atoms. The third kappa shape index (κ3) is 6.50. The van der Waals surface area contributed by atoms with E-state index in [2.05, 4.69) is 20.5 Å². The minimum atomic E-state index is -0.689. The fraction of sp³-hybridized carbons (Fsp3) is 0.240. The molecule has 0 spiro atoms. The van der Waals surface area contributed by atoms with E-state index in [-0.39, 0.29) is 51.2 Å². The second-order valence-corrected chi connectivity index (χ2v) is 7.85. The van der Waals surface area contributed by atoms with Crippen LogP contribution < -0.4 is 30.1 Å². The number of nitro groups is 1. The standard InChI is InChI=1S/C25H25N5O10/c1-13-22(24(32)39-5)23(28-25(33)27-13)14-6-7-17(18(8-14)36-2)40-12-21(31)29-26-11-15-9-19(37-3)20(38-4)10-16(15)30(34)35/h6-11H,12H2,1-5H3,(H,29,31)(H,27,28,33)/b26-11-. The fourth-order valence-electron chi connectivity index (χ4n) is 3.58. The van der Waals surface area contributed by atoms with E-state index < -0.39 is 29.1 Å². The molecule has 0 aliphatic carbocycles. The van der Waals surface area contributed by atoms with Gasteiger partial charge in [-0.1, -0.05) is 0 Å². The summed E-state index contributed by atoms with van der Waals surface area (Å²) >= 11 is 0. The molecule has 0 fully saturated rings. The molecule has 0 saturated heterocycles. The number of H-pyrrole nitrogens is 1. The zero-order chi connectivity index (χ0) is 29.4. The maximum atomic E-state index is 12.3. The number of hydrogen-bond donors (Lipinski definition) is 2. The number of aromatic amines is 1. The van der Waals surface area contributed by atoms with Crippen molar-refractivity contribution >= 4 is 23.8 Å². The molecule has 1 amide bonds. The van der Waals surface area contributed by atoms with Gasteiger partial charge in [-0.3, -0.25) is 14.9 Å². The van der Waals surface area contributed by atoms with Crippen LogP contribution in [0.25, 0.3) is 11.3 Å². The van der Waals surface area contributed by atoms with Crippen LogP contribution in [0.15, 0.2) is 40.2 Å². The molecule has 3 rings (SSSR count). The number of methoxy groups -OCH3 is 4. The number of benzene rings is 2. The molecule has 0 bridgehead atoms. The summed E-state index contributed by atoms with van der Waals surface area (Å²) in [5.74, 6) is -0.608. The van der Waals surface area contributed by atoms with Gasteiger partial charge < -0.3 is 28.7 Å². The van der Waals surface area contributed by atoms with Crippen LogP contribution in [0.2, 0.25) is 0 Å². The third-order valence-electron chi connectivity index (χ3n) is 5.43. The summed E-state index contributed by atoms with van der Waals surface area (Å²) in [6.45, 7) is 1.05. The molecule has 15 nitrogen and oxygen atoms in total. The topological polar surface area (TPSA) is 194 Å². The van der Waals surface area contributed by atoms with Crippen LogP contribution >= 0.6 is 0 Å². The maximum absolute atomic E-state index is 12.3. The van der Waals surface area contributed by atoms with Gasteiger partial charge in [0.2, 0.25) is 0 Å². The van der Waals surface area contributed by atoms with Crippen LogP contribution in [0.4, 0.5) is 5.69 Å². The second-order valence-electron chi connectivity index (χ2n) is 7.85. The first-order valence-electron chi connectivity index (χ1n) is 11.4. The molecule has 0 unspecified atom stereocenters. The molecule has 0 aliphatic rings.